The fourth-order valence-electron chi connectivity index (χ4n) is 3.90. The number of amides is 2. The zero-order valence-corrected chi connectivity index (χ0v) is 19.9. The van der Waals surface area contributed by atoms with E-state index in [1.807, 2.05) is 12.1 Å². The summed E-state index contributed by atoms with van der Waals surface area (Å²) in [6.07, 6.45) is 0.946. The first-order valence-electron chi connectivity index (χ1n) is 11.4. The number of para-hydroxylation sites is 2. The van der Waals surface area contributed by atoms with Crippen LogP contribution in [0.5, 0.6) is 5.75 Å². The SMILES string of the molecule is CC(C)(C)OC(=O)N1CCC(N(OC(=O)n2ncc3ccccc32)C(=O)c2ccccc2O)CC1. The van der Waals surface area contributed by atoms with Gasteiger partial charge in [0.15, 0.2) is 0 Å². The minimum Gasteiger partial charge on any atom is -0.507 e. The first kappa shape index (κ1) is 24.1. The second-order valence-electron chi connectivity index (χ2n) is 9.32. The molecule has 0 bridgehead atoms. The number of piperidine rings is 1. The number of hydroxylamine groups is 2. The van der Waals surface area contributed by atoms with Gasteiger partial charge in [-0.3, -0.25) is 4.79 Å². The van der Waals surface area contributed by atoms with Crippen LogP contribution in [-0.2, 0) is 9.57 Å². The lowest BCUT2D eigenvalue weighted by Crippen LogP contribution is -2.50. The number of fused-ring (bicyclic) bond motifs is 1. The van der Waals surface area contributed by atoms with Crippen LogP contribution >= 0.6 is 0 Å². The monoisotopic (exact) mass is 480 g/mol. The summed E-state index contributed by atoms with van der Waals surface area (Å²) in [5.41, 5.74) is -0.0876. The van der Waals surface area contributed by atoms with Gasteiger partial charge in [0.1, 0.15) is 11.4 Å². The summed E-state index contributed by atoms with van der Waals surface area (Å²) < 4.78 is 6.52. The van der Waals surface area contributed by atoms with Crippen molar-refractivity contribution in [3.05, 3.63) is 60.3 Å². The number of likely N-dealkylation sites (tertiary alicyclic amines) is 1. The number of aromatic nitrogens is 2. The standard InChI is InChI=1S/C25H28N4O6/c1-25(2,3)34-23(32)27-14-12-18(13-15-27)29(22(31)19-9-5-7-11-21(19)30)35-24(33)28-20-10-6-4-8-17(20)16-26-28/h4-11,16,18,30H,12-15H2,1-3H3. The van der Waals surface area contributed by atoms with Crippen LogP contribution in [0.2, 0.25) is 0 Å². The molecule has 1 aliphatic rings. The number of aromatic hydroxyl groups is 1. The predicted octanol–water partition coefficient (Wildman–Crippen LogP) is 4.18. The Kier molecular flexibility index (Phi) is 6.63. The normalized spacial score (nSPS) is 14.5. The molecule has 10 nitrogen and oxygen atoms in total. The minimum atomic E-state index is -0.857. The molecule has 4 rings (SSSR count). The minimum absolute atomic E-state index is 0.000181. The van der Waals surface area contributed by atoms with E-state index in [-0.39, 0.29) is 11.3 Å². The van der Waals surface area contributed by atoms with Gasteiger partial charge in [-0.2, -0.15) is 14.8 Å². The van der Waals surface area contributed by atoms with Gasteiger partial charge in [0.25, 0.3) is 5.91 Å². The van der Waals surface area contributed by atoms with Gasteiger partial charge in [0.2, 0.25) is 0 Å². The van der Waals surface area contributed by atoms with Gasteiger partial charge in [-0.1, -0.05) is 30.3 Å². The fourth-order valence-corrected chi connectivity index (χ4v) is 3.90. The third kappa shape index (κ3) is 5.37. The van der Waals surface area contributed by atoms with Gasteiger partial charge < -0.3 is 19.6 Å². The van der Waals surface area contributed by atoms with E-state index in [2.05, 4.69) is 5.10 Å². The van der Waals surface area contributed by atoms with Crippen LogP contribution in [0.15, 0.2) is 54.7 Å². The van der Waals surface area contributed by atoms with Gasteiger partial charge in [0, 0.05) is 18.5 Å². The molecule has 1 fully saturated rings. The third-order valence-electron chi connectivity index (χ3n) is 5.61. The molecule has 0 unspecified atom stereocenters. The highest BCUT2D eigenvalue weighted by atomic mass is 16.7. The second-order valence-corrected chi connectivity index (χ2v) is 9.32. The molecular formula is C25H28N4O6. The molecule has 2 heterocycles. The number of ether oxygens (including phenoxy) is 1. The molecule has 1 aromatic heterocycles. The quantitative estimate of drug-likeness (QED) is 0.547. The topological polar surface area (TPSA) is 114 Å². The number of phenols is 1. The Hall–Kier alpha value is -4.08. The van der Waals surface area contributed by atoms with Crippen LogP contribution in [0.3, 0.4) is 0 Å². The number of nitrogens with zero attached hydrogens (tertiary/aromatic N) is 4. The van der Waals surface area contributed by atoms with Crippen molar-refractivity contribution in [2.45, 2.75) is 45.3 Å². The molecule has 1 aliphatic heterocycles. The summed E-state index contributed by atoms with van der Waals surface area (Å²) in [5.74, 6) is -0.891. The van der Waals surface area contributed by atoms with E-state index in [1.165, 1.54) is 18.3 Å². The highest BCUT2D eigenvalue weighted by Crippen LogP contribution is 2.25. The van der Waals surface area contributed by atoms with E-state index in [1.54, 1.807) is 49.9 Å². The van der Waals surface area contributed by atoms with E-state index in [0.29, 0.717) is 31.4 Å². The summed E-state index contributed by atoms with van der Waals surface area (Å²) in [7, 11) is 0. The number of carbonyl (C=O) groups excluding carboxylic acids is 3. The van der Waals surface area contributed by atoms with Gasteiger partial charge in [0.05, 0.1) is 23.3 Å². The Morgan fingerprint density at radius 3 is 2.34 bits per heavy atom. The number of phenolic OH excluding ortho intramolecular Hbond substituents is 1. The highest BCUT2D eigenvalue weighted by Gasteiger charge is 2.35. The average molecular weight is 481 g/mol. The van der Waals surface area contributed by atoms with Crippen LogP contribution in [0.4, 0.5) is 9.59 Å². The summed E-state index contributed by atoms with van der Waals surface area (Å²) in [4.78, 5) is 46.0. The van der Waals surface area contributed by atoms with Crippen molar-refractivity contribution < 1.29 is 29.1 Å². The number of hydrogen-bond acceptors (Lipinski definition) is 7. The molecule has 0 spiro atoms. The Morgan fingerprint density at radius 2 is 1.66 bits per heavy atom. The van der Waals surface area contributed by atoms with Crippen LogP contribution in [0.25, 0.3) is 10.9 Å². The number of carbonyl (C=O) groups is 3. The maximum Gasteiger partial charge on any atom is 0.459 e. The molecule has 1 saturated heterocycles. The van der Waals surface area contributed by atoms with E-state index in [9.17, 15) is 19.5 Å². The van der Waals surface area contributed by atoms with Crippen LogP contribution in [0.1, 0.15) is 44.0 Å². The molecule has 2 aromatic carbocycles. The van der Waals surface area contributed by atoms with Crippen molar-refractivity contribution in [1.29, 1.82) is 0 Å². The highest BCUT2D eigenvalue weighted by molar-refractivity contribution is 5.97. The first-order valence-corrected chi connectivity index (χ1v) is 11.4. The Labute approximate surface area is 202 Å². The van der Waals surface area contributed by atoms with E-state index in [0.717, 1.165) is 15.1 Å². The molecule has 3 aromatic rings. The van der Waals surface area contributed by atoms with Crippen molar-refractivity contribution in [2.75, 3.05) is 13.1 Å². The van der Waals surface area contributed by atoms with E-state index in [4.69, 9.17) is 9.57 Å². The van der Waals surface area contributed by atoms with Crippen LogP contribution in [0, 0.1) is 0 Å². The zero-order chi connectivity index (χ0) is 25.2. The molecule has 0 saturated carbocycles. The van der Waals surface area contributed by atoms with Crippen molar-refractivity contribution >= 4 is 29.0 Å². The molecule has 10 heteroatoms. The molecule has 1 N–H and O–H groups in total. The Morgan fingerprint density at radius 1 is 1.00 bits per heavy atom. The molecule has 184 valence electrons. The first-order chi connectivity index (χ1) is 16.6. The van der Waals surface area contributed by atoms with Crippen LogP contribution < -0.4 is 0 Å². The Balaban J connectivity index is 1.56. The lowest BCUT2D eigenvalue weighted by molar-refractivity contribution is -0.108. The molecule has 0 aliphatic carbocycles. The van der Waals surface area contributed by atoms with Crippen molar-refractivity contribution in [2.24, 2.45) is 0 Å². The molecule has 0 radical (unpaired) electrons. The van der Waals surface area contributed by atoms with Crippen LogP contribution in [-0.4, -0.2) is 67.7 Å². The number of rotatable bonds is 2. The smallest absolute Gasteiger partial charge is 0.459 e. The van der Waals surface area contributed by atoms with Crippen molar-refractivity contribution in [3.63, 3.8) is 0 Å². The van der Waals surface area contributed by atoms with E-state index < -0.39 is 29.7 Å². The number of benzene rings is 2. The van der Waals surface area contributed by atoms with Gasteiger partial charge >= 0.3 is 12.2 Å². The fraction of sp³-hybridized carbons (Fsp3) is 0.360. The summed E-state index contributed by atoms with van der Waals surface area (Å²) in [6, 6.07) is 12.7. The maximum absolute atomic E-state index is 13.4. The largest absolute Gasteiger partial charge is 0.507 e. The lowest BCUT2D eigenvalue weighted by Gasteiger charge is -2.37. The average Bonchev–Trinajstić information content (AvgIpc) is 3.26. The van der Waals surface area contributed by atoms with Gasteiger partial charge in [-0.15, -0.1) is 0 Å². The summed E-state index contributed by atoms with van der Waals surface area (Å²) >= 11 is 0. The summed E-state index contributed by atoms with van der Waals surface area (Å²) in [5, 5.41) is 16.1. The molecule has 35 heavy (non-hydrogen) atoms. The Bertz CT molecular complexity index is 1240. The molecule has 0 atom stereocenters. The number of hydrogen-bond donors (Lipinski definition) is 1. The van der Waals surface area contributed by atoms with Crippen molar-refractivity contribution in [1.82, 2.24) is 19.7 Å². The summed E-state index contributed by atoms with van der Waals surface area (Å²) in [6.45, 7) is 6.01. The second kappa shape index (κ2) is 9.65. The van der Waals surface area contributed by atoms with E-state index >= 15 is 0 Å². The zero-order valence-electron chi connectivity index (χ0n) is 19.9. The third-order valence-corrected chi connectivity index (χ3v) is 5.61. The van der Waals surface area contributed by atoms with Crippen molar-refractivity contribution in [3.8, 4) is 5.75 Å². The molecule has 2 amide bonds. The lowest BCUT2D eigenvalue weighted by atomic mass is 10.0. The predicted molar refractivity (Wildman–Crippen MR) is 127 cm³/mol. The molecular weight excluding hydrogens is 452 g/mol. The van der Waals surface area contributed by atoms with Gasteiger partial charge in [-0.25, -0.2) is 9.59 Å². The van der Waals surface area contributed by atoms with Gasteiger partial charge in [-0.05, 0) is 51.8 Å². The maximum atomic E-state index is 13.4.